The lowest BCUT2D eigenvalue weighted by Gasteiger charge is -2.04. The highest BCUT2D eigenvalue weighted by atomic mass is 16.5. The summed E-state index contributed by atoms with van der Waals surface area (Å²) < 4.78 is 4.88. The van der Waals surface area contributed by atoms with Crippen LogP contribution >= 0.6 is 0 Å². The summed E-state index contributed by atoms with van der Waals surface area (Å²) in [4.78, 5) is 10.6. The van der Waals surface area contributed by atoms with Crippen LogP contribution in [0.3, 0.4) is 0 Å². The molecule has 0 atom stereocenters. The molecule has 0 saturated carbocycles. The van der Waals surface area contributed by atoms with Gasteiger partial charge < -0.3 is 10.1 Å². The van der Waals surface area contributed by atoms with Crippen molar-refractivity contribution < 1.29 is 9.53 Å². The minimum atomic E-state index is 0.0757. The van der Waals surface area contributed by atoms with E-state index in [1.54, 1.807) is 20.1 Å². The molecule has 0 unspecified atom stereocenters. The normalized spacial score (nSPS) is 11.4. The summed E-state index contributed by atoms with van der Waals surface area (Å²) >= 11 is 0. The average Bonchev–Trinajstić information content (AvgIpc) is 1.97. The monoisotopic (exact) mass is 171 g/mol. The van der Waals surface area contributed by atoms with E-state index in [0.717, 1.165) is 25.3 Å². The summed E-state index contributed by atoms with van der Waals surface area (Å²) in [6.45, 7) is 5.03. The first kappa shape index (κ1) is 11.2. The lowest BCUT2D eigenvalue weighted by Crippen LogP contribution is -2.14. The van der Waals surface area contributed by atoms with Crippen LogP contribution in [0.2, 0.25) is 0 Å². The van der Waals surface area contributed by atoms with Crippen LogP contribution < -0.4 is 5.32 Å². The minimum absolute atomic E-state index is 0.0757. The zero-order valence-electron chi connectivity index (χ0n) is 8.02. The van der Waals surface area contributed by atoms with E-state index in [4.69, 9.17) is 4.74 Å². The highest BCUT2D eigenvalue weighted by Gasteiger charge is 1.90. The maximum absolute atomic E-state index is 10.6. The summed E-state index contributed by atoms with van der Waals surface area (Å²) in [7, 11) is 1.68. The van der Waals surface area contributed by atoms with Gasteiger partial charge in [0, 0.05) is 26.0 Å². The molecule has 0 aliphatic carbocycles. The van der Waals surface area contributed by atoms with Crippen molar-refractivity contribution in [2.75, 3.05) is 20.3 Å². The molecule has 0 spiro atoms. The molecule has 70 valence electrons. The van der Waals surface area contributed by atoms with E-state index in [2.05, 4.69) is 5.32 Å². The Morgan fingerprint density at radius 3 is 2.67 bits per heavy atom. The van der Waals surface area contributed by atoms with Gasteiger partial charge in [0.1, 0.15) is 0 Å². The SMILES string of the molecule is COCCCN/C(C)=C/C(C)=O. The van der Waals surface area contributed by atoms with Crippen LogP contribution in [-0.4, -0.2) is 26.0 Å². The number of ether oxygens (including phenoxy) is 1. The molecule has 0 aromatic carbocycles. The molecule has 3 nitrogen and oxygen atoms in total. The van der Waals surface area contributed by atoms with E-state index < -0.39 is 0 Å². The van der Waals surface area contributed by atoms with E-state index >= 15 is 0 Å². The third-order valence-electron chi connectivity index (χ3n) is 1.35. The van der Waals surface area contributed by atoms with Crippen molar-refractivity contribution in [3.8, 4) is 0 Å². The van der Waals surface area contributed by atoms with Gasteiger partial charge in [-0.1, -0.05) is 0 Å². The molecule has 0 aliphatic rings. The van der Waals surface area contributed by atoms with E-state index in [-0.39, 0.29) is 5.78 Å². The van der Waals surface area contributed by atoms with Gasteiger partial charge in [0.15, 0.2) is 5.78 Å². The molecule has 0 aromatic heterocycles. The van der Waals surface area contributed by atoms with Gasteiger partial charge in [-0.25, -0.2) is 0 Å². The Morgan fingerprint density at radius 2 is 2.17 bits per heavy atom. The van der Waals surface area contributed by atoms with Crippen LogP contribution in [0.1, 0.15) is 20.3 Å². The predicted molar refractivity (Wildman–Crippen MR) is 48.9 cm³/mol. The van der Waals surface area contributed by atoms with Gasteiger partial charge in [-0.3, -0.25) is 4.79 Å². The zero-order valence-corrected chi connectivity index (χ0v) is 8.02. The van der Waals surface area contributed by atoms with Crippen molar-refractivity contribution >= 4 is 5.78 Å². The molecular weight excluding hydrogens is 154 g/mol. The second-order valence-corrected chi connectivity index (χ2v) is 2.71. The fourth-order valence-electron chi connectivity index (χ4n) is 0.858. The lowest BCUT2D eigenvalue weighted by molar-refractivity contribution is -0.112. The van der Waals surface area contributed by atoms with Crippen molar-refractivity contribution in [3.05, 3.63) is 11.8 Å². The molecular formula is C9H17NO2. The van der Waals surface area contributed by atoms with Gasteiger partial charge in [0.05, 0.1) is 0 Å². The number of nitrogens with one attached hydrogen (secondary N) is 1. The van der Waals surface area contributed by atoms with E-state index in [0.29, 0.717) is 0 Å². The first-order chi connectivity index (χ1) is 5.66. The van der Waals surface area contributed by atoms with Crippen LogP contribution in [0.15, 0.2) is 11.8 Å². The van der Waals surface area contributed by atoms with Crippen LogP contribution in [0.5, 0.6) is 0 Å². The molecule has 0 rings (SSSR count). The molecule has 3 heteroatoms. The van der Waals surface area contributed by atoms with Crippen LogP contribution in [0, 0.1) is 0 Å². The smallest absolute Gasteiger partial charge is 0.154 e. The molecule has 0 fully saturated rings. The van der Waals surface area contributed by atoms with Gasteiger partial charge in [0.2, 0.25) is 0 Å². The largest absolute Gasteiger partial charge is 0.388 e. The second-order valence-electron chi connectivity index (χ2n) is 2.71. The summed E-state index contributed by atoms with van der Waals surface area (Å²) in [6.07, 6.45) is 2.55. The third-order valence-corrected chi connectivity index (χ3v) is 1.35. The van der Waals surface area contributed by atoms with Crippen molar-refractivity contribution in [2.45, 2.75) is 20.3 Å². The molecule has 0 amide bonds. The van der Waals surface area contributed by atoms with E-state index in [1.165, 1.54) is 0 Å². The van der Waals surface area contributed by atoms with Crippen LogP contribution in [0.25, 0.3) is 0 Å². The molecule has 0 heterocycles. The van der Waals surface area contributed by atoms with Crippen LogP contribution in [0.4, 0.5) is 0 Å². The number of hydrogen-bond acceptors (Lipinski definition) is 3. The average molecular weight is 171 g/mol. The Kier molecular flexibility index (Phi) is 6.38. The molecule has 0 aromatic rings. The molecule has 1 N–H and O–H groups in total. The number of ketones is 1. The number of allylic oxidation sites excluding steroid dienone is 2. The third kappa shape index (κ3) is 7.28. The van der Waals surface area contributed by atoms with E-state index in [9.17, 15) is 4.79 Å². The van der Waals surface area contributed by atoms with Gasteiger partial charge in [-0.05, 0) is 26.3 Å². The Balaban J connectivity index is 3.43. The van der Waals surface area contributed by atoms with Crippen molar-refractivity contribution in [3.63, 3.8) is 0 Å². The number of rotatable bonds is 6. The summed E-state index contributed by atoms with van der Waals surface area (Å²) in [5.74, 6) is 0.0757. The van der Waals surface area contributed by atoms with Gasteiger partial charge in [0.25, 0.3) is 0 Å². The van der Waals surface area contributed by atoms with E-state index in [1.807, 2.05) is 6.92 Å². The van der Waals surface area contributed by atoms with Crippen molar-refractivity contribution in [2.24, 2.45) is 0 Å². The fourth-order valence-corrected chi connectivity index (χ4v) is 0.858. The second kappa shape index (κ2) is 6.85. The van der Waals surface area contributed by atoms with Gasteiger partial charge in [-0.15, -0.1) is 0 Å². The maximum Gasteiger partial charge on any atom is 0.154 e. The summed E-state index contributed by atoms with van der Waals surface area (Å²) in [5, 5.41) is 3.11. The minimum Gasteiger partial charge on any atom is -0.388 e. The molecule has 0 bridgehead atoms. The lowest BCUT2D eigenvalue weighted by atomic mass is 10.3. The zero-order chi connectivity index (χ0) is 9.40. The Morgan fingerprint density at radius 1 is 1.50 bits per heavy atom. The predicted octanol–water partition coefficient (Wildman–Crippen LogP) is 1.11. The van der Waals surface area contributed by atoms with Crippen LogP contribution in [-0.2, 0) is 9.53 Å². The van der Waals surface area contributed by atoms with Gasteiger partial charge in [-0.2, -0.15) is 0 Å². The topological polar surface area (TPSA) is 38.3 Å². The quantitative estimate of drug-likeness (QED) is 0.480. The van der Waals surface area contributed by atoms with Gasteiger partial charge >= 0.3 is 0 Å². The molecule has 0 saturated heterocycles. The highest BCUT2D eigenvalue weighted by molar-refractivity contribution is 5.87. The number of hydrogen-bond donors (Lipinski definition) is 1. The summed E-state index contributed by atoms with van der Waals surface area (Å²) in [5.41, 5.74) is 0.915. The number of carbonyl (C=O) groups is 1. The van der Waals surface area contributed by atoms with Crippen molar-refractivity contribution in [1.82, 2.24) is 5.32 Å². The highest BCUT2D eigenvalue weighted by Crippen LogP contribution is 1.87. The molecule has 0 aliphatic heterocycles. The Bertz CT molecular complexity index is 164. The number of methoxy groups -OCH3 is 1. The number of carbonyl (C=O) groups excluding carboxylic acids is 1. The Labute approximate surface area is 73.8 Å². The fraction of sp³-hybridized carbons (Fsp3) is 0.667. The first-order valence-electron chi connectivity index (χ1n) is 4.08. The first-order valence-corrected chi connectivity index (χ1v) is 4.08. The molecule has 12 heavy (non-hydrogen) atoms. The molecule has 0 radical (unpaired) electrons. The van der Waals surface area contributed by atoms with Crippen molar-refractivity contribution in [1.29, 1.82) is 0 Å². The maximum atomic E-state index is 10.6. The Hall–Kier alpha value is -0.830. The summed E-state index contributed by atoms with van der Waals surface area (Å²) in [6, 6.07) is 0. The standard InChI is InChI=1S/C9H17NO2/c1-8(7-9(2)11)10-5-4-6-12-3/h7,10H,4-6H2,1-3H3/b8-7+.